The second-order valence-electron chi connectivity index (χ2n) is 6.38. The quantitative estimate of drug-likeness (QED) is 0.776. The highest BCUT2D eigenvalue weighted by Crippen LogP contribution is 2.15. The third-order valence-electron chi connectivity index (χ3n) is 4.55. The van der Waals surface area contributed by atoms with E-state index in [1.165, 1.54) is 0 Å². The molecule has 1 aliphatic rings. The van der Waals surface area contributed by atoms with Gasteiger partial charge in [-0.1, -0.05) is 37.3 Å². The first-order valence-corrected chi connectivity index (χ1v) is 8.84. The number of nitrogens with one attached hydrogen (secondary N) is 1. The Morgan fingerprint density at radius 3 is 2.72 bits per heavy atom. The molecule has 6 nitrogen and oxygen atoms in total. The summed E-state index contributed by atoms with van der Waals surface area (Å²) in [5, 5.41) is 8.16. The lowest BCUT2D eigenvalue weighted by Crippen LogP contribution is -2.37. The highest BCUT2D eigenvalue weighted by atomic mass is 15.4. The third kappa shape index (κ3) is 3.58. The van der Waals surface area contributed by atoms with Crippen molar-refractivity contribution in [3.05, 3.63) is 59.9 Å². The van der Waals surface area contributed by atoms with Crippen LogP contribution in [0.25, 0.3) is 11.4 Å². The van der Waals surface area contributed by atoms with Crippen molar-refractivity contribution in [1.82, 2.24) is 30.0 Å². The summed E-state index contributed by atoms with van der Waals surface area (Å²) in [6, 6.07) is 10.5. The molecule has 1 atom stereocenters. The number of hydrogen-bond acceptors (Lipinski definition) is 5. The van der Waals surface area contributed by atoms with Crippen molar-refractivity contribution in [2.24, 2.45) is 0 Å². The monoisotopic (exact) mass is 334 g/mol. The Morgan fingerprint density at radius 2 is 1.96 bits per heavy atom. The molecule has 0 aliphatic carbocycles. The lowest BCUT2D eigenvalue weighted by atomic mass is 10.1. The van der Waals surface area contributed by atoms with Gasteiger partial charge in [-0.25, -0.2) is 19.6 Å². The van der Waals surface area contributed by atoms with Gasteiger partial charge in [-0.15, -0.1) is 0 Å². The molecule has 128 valence electrons. The SMILES string of the molecule is CCc1nc2n(n1)C[C@@H](NCc1cnc(-c3ccccc3)nc1)CC2. The second-order valence-corrected chi connectivity index (χ2v) is 6.38. The van der Waals surface area contributed by atoms with Gasteiger partial charge in [0.15, 0.2) is 11.6 Å². The molecule has 0 saturated heterocycles. The molecule has 1 N–H and O–H groups in total. The van der Waals surface area contributed by atoms with E-state index < -0.39 is 0 Å². The van der Waals surface area contributed by atoms with Gasteiger partial charge in [0.05, 0.1) is 6.54 Å². The Morgan fingerprint density at radius 1 is 1.16 bits per heavy atom. The molecule has 0 unspecified atom stereocenters. The van der Waals surface area contributed by atoms with Crippen LogP contribution in [0.15, 0.2) is 42.7 Å². The lowest BCUT2D eigenvalue weighted by molar-refractivity contribution is 0.357. The fraction of sp³-hybridized carbons (Fsp3) is 0.368. The molecule has 6 heteroatoms. The summed E-state index contributed by atoms with van der Waals surface area (Å²) < 4.78 is 2.05. The molecule has 0 spiro atoms. The second kappa shape index (κ2) is 7.11. The highest BCUT2D eigenvalue weighted by Gasteiger charge is 2.20. The fourth-order valence-corrected chi connectivity index (χ4v) is 3.12. The maximum absolute atomic E-state index is 4.56. The topological polar surface area (TPSA) is 68.5 Å². The van der Waals surface area contributed by atoms with Crippen LogP contribution in [0, 0.1) is 0 Å². The molecule has 0 amide bonds. The summed E-state index contributed by atoms with van der Waals surface area (Å²) in [7, 11) is 0. The lowest BCUT2D eigenvalue weighted by Gasteiger charge is -2.23. The van der Waals surface area contributed by atoms with Gasteiger partial charge in [-0.3, -0.25) is 0 Å². The molecule has 1 aliphatic heterocycles. The van der Waals surface area contributed by atoms with Crippen LogP contribution in [0.2, 0.25) is 0 Å². The molecule has 1 aromatic carbocycles. The first-order chi connectivity index (χ1) is 12.3. The molecule has 0 bridgehead atoms. The number of hydrogen-bond donors (Lipinski definition) is 1. The van der Waals surface area contributed by atoms with Crippen LogP contribution in [-0.4, -0.2) is 30.8 Å². The van der Waals surface area contributed by atoms with Crippen molar-refractivity contribution < 1.29 is 0 Å². The summed E-state index contributed by atoms with van der Waals surface area (Å²) >= 11 is 0. The van der Waals surface area contributed by atoms with Crippen LogP contribution in [-0.2, 0) is 25.9 Å². The van der Waals surface area contributed by atoms with E-state index in [1.807, 2.05) is 42.7 Å². The summed E-state index contributed by atoms with van der Waals surface area (Å²) in [5.74, 6) is 2.83. The molecule has 4 rings (SSSR count). The van der Waals surface area contributed by atoms with E-state index in [1.54, 1.807) is 0 Å². The predicted molar refractivity (Wildman–Crippen MR) is 95.8 cm³/mol. The summed E-state index contributed by atoms with van der Waals surface area (Å²) in [4.78, 5) is 13.5. The van der Waals surface area contributed by atoms with Gasteiger partial charge in [0.2, 0.25) is 0 Å². The Hall–Kier alpha value is -2.60. The van der Waals surface area contributed by atoms with Crippen molar-refractivity contribution in [1.29, 1.82) is 0 Å². The summed E-state index contributed by atoms with van der Waals surface area (Å²) in [5.41, 5.74) is 2.14. The number of benzene rings is 1. The van der Waals surface area contributed by atoms with E-state index in [0.29, 0.717) is 6.04 Å². The average molecular weight is 334 g/mol. The van der Waals surface area contributed by atoms with Gasteiger partial charge < -0.3 is 5.32 Å². The molecular formula is C19H22N6. The first kappa shape index (κ1) is 15.9. The van der Waals surface area contributed by atoms with Gasteiger partial charge in [-0.2, -0.15) is 5.10 Å². The number of aromatic nitrogens is 5. The van der Waals surface area contributed by atoms with E-state index in [-0.39, 0.29) is 0 Å². The predicted octanol–water partition coefficient (Wildman–Crippen LogP) is 2.40. The van der Waals surface area contributed by atoms with E-state index in [2.05, 4.69) is 37.0 Å². The number of nitrogens with zero attached hydrogens (tertiary/aromatic N) is 5. The Bertz CT molecular complexity index is 825. The van der Waals surface area contributed by atoms with Gasteiger partial charge >= 0.3 is 0 Å². The minimum Gasteiger partial charge on any atom is -0.308 e. The summed E-state index contributed by atoms with van der Waals surface area (Å²) in [6.45, 7) is 3.74. The zero-order valence-corrected chi connectivity index (χ0v) is 14.4. The van der Waals surface area contributed by atoms with Crippen molar-refractivity contribution >= 4 is 0 Å². The number of rotatable bonds is 5. The molecule has 2 aromatic heterocycles. The van der Waals surface area contributed by atoms with Crippen LogP contribution >= 0.6 is 0 Å². The molecule has 25 heavy (non-hydrogen) atoms. The third-order valence-corrected chi connectivity index (χ3v) is 4.55. The Kier molecular flexibility index (Phi) is 4.52. The average Bonchev–Trinajstić information content (AvgIpc) is 3.10. The Balaban J connectivity index is 1.36. The van der Waals surface area contributed by atoms with E-state index >= 15 is 0 Å². The molecule has 0 fully saturated rings. The molecule has 3 heterocycles. The minimum absolute atomic E-state index is 0.410. The van der Waals surface area contributed by atoms with Crippen LogP contribution in [0.5, 0.6) is 0 Å². The number of aryl methyl sites for hydroxylation is 2. The fourth-order valence-electron chi connectivity index (χ4n) is 3.12. The molecular weight excluding hydrogens is 312 g/mol. The number of fused-ring (bicyclic) bond motifs is 1. The highest BCUT2D eigenvalue weighted by molar-refractivity contribution is 5.53. The van der Waals surface area contributed by atoms with E-state index in [9.17, 15) is 0 Å². The van der Waals surface area contributed by atoms with Crippen molar-refractivity contribution in [2.75, 3.05) is 0 Å². The molecule has 0 radical (unpaired) electrons. The maximum Gasteiger partial charge on any atom is 0.159 e. The van der Waals surface area contributed by atoms with Gasteiger partial charge in [0.1, 0.15) is 5.82 Å². The maximum atomic E-state index is 4.56. The van der Waals surface area contributed by atoms with Crippen LogP contribution in [0.3, 0.4) is 0 Å². The Labute approximate surface area is 147 Å². The first-order valence-electron chi connectivity index (χ1n) is 8.84. The van der Waals surface area contributed by atoms with Crippen molar-refractivity contribution in [3.8, 4) is 11.4 Å². The normalized spacial score (nSPS) is 16.6. The van der Waals surface area contributed by atoms with Crippen LogP contribution < -0.4 is 5.32 Å². The van der Waals surface area contributed by atoms with Crippen molar-refractivity contribution in [2.45, 2.75) is 45.3 Å². The van der Waals surface area contributed by atoms with Crippen molar-refractivity contribution in [3.63, 3.8) is 0 Å². The zero-order valence-electron chi connectivity index (χ0n) is 14.4. The zero-order chi connectivity index (χ0) is 17.1. The minimum atomic E-state index is 0.410. The van der Waals surface area contributed by atoms with Gasteiger partial charge in [0.25, 0.3) is 0 Å². The summed E-state index contributed by atoms with van der Waals surface area (Å²) in [6.07, 6.45) is 6.77. The van der Waals surface area contributed by atoms with Gasteiger partial charge in [-0.05, 0) is 6.42 Å². The van der Waals surface area contributed by atoms with Crippen LogP contribution in [0.4, 0.5) is 0 Å². The standard InChI is InChI=1S/C19H22N6/c1-2-17-23-18-9-8-16(13-25(18)24-17)20-10-14-11-21-19(22-12-14)15-6-4-3-5-7-15/h3-7,11-12,16,20H,2,8-10,13H2,1H3/t16-/m0/s1. The van der Waals surface area contributed by atoms with E-state index in [0.717, 1.165) is 61.0 Å². The van der Waals surface area contributed by atoms with E-state index in [4.69, 9.17) is 0 Å². The molecule has 0 saturated carbocycles. The molecule has 3 aromatic rings. The smallest absolute Gasteiger partial charge is 0.159 e. The van der Waals surface area contributed by atoms with Crippen LogP contribution in [0.1, 0.15) is 30.6 Å². The largest absolute Gasteiger partial charge is 0.308 e. The van der Waals surface area contributed by atoms with Gasteiger partial charge in [0, 0.05) is 48.9 Å².